The molecule has 1 atom stereocenters. The Morgan fingerprint density at radius 3 is 2.71 bits per heavy atom. The molecular weight excluding hydrogens is 403 g/mol. The second-order valence-corrected chi connectivity index (χ2v) is 6.61. The minimum Gasteiger partial charge on any atom is -0.316 e. The zero-order chi connectivity index (χ0) is 15.1. The van der Waals surface area contributed by atoms with Crippen LogP contribution in [0.4, 0.5) is 10.1 Å². The van der Waals surface area contributed by atoms with Crippen molar-refractivity contribution in [3.8, 4) is 0 Å². The lowest BCUT2D eigenvalue weighted by atomic mass is 10.1. The van der Waals surface area contributed by atoms with Crippen molar-refractivity contribution in [3.63, 3.8) is 0 Å². The van der Waals surface area contributed by atoms with Gasteiger partial charge in [0.05, 0.1) is 12.2 Å². The molecule has 2 N–H and O–H groups in total. The van der Waals surface area contributed by atoms with E-state index in [0.29, 0.717) is 5.56 Å². The summed E-state index contributed by atoms with van der Waals surface area (Å²) in [6.45, 7) is 0.272. The zero-order valence-electron chi connectivity index (χ0n) is 10.8. The molecule has 0 radical (unpaired) electrons. The first-order valence-corrected chi connectivity index (χ1v) is 7.86. The van der Waals surface area contributed by atoms with Crippen molar-refractivity contribution in [1.29, 1.82) is 0 Å². The van der Waals surface area contributed by atoms with E-state index in [9.17, 15) is 9.18 Å². The minimum absolute atomic E-state index is 0.181. The highest BCUT2D eigenvalue weighted by molar-refractivity contribution is 9.10. The zero-order valence-corrected chi connectivity index (χ0v) is 14.0. The molecule has 0 bridgehead atoms. The fraction of sp³-hybridized carbons (Fsp3) is 0.133. The van der Waals surface area contributed by atoms with Crippen LogP contribution in [0.2, 0.25) is 0 Å². The van der Waals surface area contributed by atoms with Gasteiger partial charge in [0.15, 0.2) is 0 Å². The Balaban J connectivity index is 2.02. The van der Waals surface area contributed by atoms with Gasteiger partial charge in [0.2, 0.25) is 5.91 Å². The highest BCUT2D eigenvalue weighted by atomic mass is 79.9. The van der Waals surface area contributed by atoms with Crippen molar-refractivity contribution >= 4 is 43.5 Å². The average Bonchev–Trinajstić information content (AvgIpc) is 2.67. The Bertz CT molecular complexity index is 736. The first-order chi connectivity index (χ1) is 9.97. The van der Waals surface area contributed by atoms with Crippen molar-refractivity contribution < 1.29 is 9.18 Å². The van der Waals surface area contributed by atoms with Gasteiger partial charge in [-0.3, -0.25) is 4.79 Å². The van der Waals surface area contributed by atoms with E-state index in [0.717, 1.165) is 20.2 Å². The fourth-order valence-electron chi connectivity index (χ4n) is 2.43. The van der Waals surface area contributed by atoms with E-state index >= 15 is 0 Å². The molecule has 0 aromatic heterocycles. The molecule has 2 aromatic carbocycles. The number of hydrogen-bond donors (Lipinski definition) is 1. The smallest absolute Gasteiger partial charge is 0.248 e. The summed E-state index contributed by atoms with van der Waals surface area (Å²) >= 11 is 6.78. The van der Waals surface area contributed by atoms with Gasteiger partial charge in [-0.1, -0.05) is 37.9 Å². The van der Waals surface area contributed by atoms with Crippen LogP contribution in [0.25, 0.3) is 0 Å². The summed E-state index contributed by atoms with van der Waals surface area (Å²) in [4.78, 5) is 13.9. The summed E-state index contributed by atoms with van der Waals surface area (Å²) in [6.07, 6.45) is 0. The quantitative estimate of drug-likeness (QED) is 0.811. The molecule has 2 aromatic rings. The van der Waals surface area contributed by atoms with E-state index in [2.05, 4.69) is 31.9 Å². The lowest BCUT2D eigenvalue weighted by Gasteiger charge is -2.19. The molecule has 1 heterocycles. The third kappa shape index (κ3) is 2.63. The highest BCUT2D eigenvalue weighted by Crippen LogP contribution is 2.38. The van der Waals surface area contributed by atoms with E-state index in [1.807, 2.05) is 18.2 Å². The molecule has 6 heteroatoms. The standard InChI is InChI=1S/C15H11Br2FN2O/c16-9-1-3-11-13(6-9)20(15(21)14(11)19)7-8-5-10(18)2-4-12(8)17/h1-6,14H,7,19H2. The van der Waals surface area contributed by atoms with Crippen LogP contribution < -0.4 is 10.6 Å². The van der Waals surface area contributed by atoms with Crippen LogP contribution in [0.3, 0.4) is 0 Å². The maximum absolute atomic E-state index is 13.4. The molecule has 1 amide bonds. The van der Waals surface area contributed by atoms with Gasteiger partial charge in [-0.15, -0.1) is 0 Å². The van der Waals surface area contributed by atoms with Crippen LogP contribution in [-0.2, 0) is 11.3 Å². The number of carbonyl (C=O) groups excluding carboxylic acids is 1. The maximum atomic E-state index is 13.4. The number of fused-ring (bicyclic) bond motifs is 1. The largest absolute Gasteiger partial charge is 0.316 e. The molecule has 0 spiro atoms. The molecule has 108 valence electrons. The van der Waals surface area contributed by atoms with E-state index in [1.54, 1.807) is 11.0 Å². The van der Waals surface area contributed by atoms with E-state index in [1.165, 1.54) is 12.1 Å². The lowest BCUT2D eigenvalue weighted by molar-refractivity contribution is -0.119. The van der Waals surface area contributed by atoms with Crippen LogP contribution in [0.1, 0.15) is 17.2 Å². The van der Waals surface area contributed by atoms with Crippen LogP contribution in [0, 0.1) is 5.82 Å². The number of amides is 1. The lowest BCUT2D eigenvalue weighted by Crippen LogP contribution is -2.31. The number of nitrogens with two attached hydrogens (primary N) is 1. The van der Waals surface area contributed by atoms with Gasteiger partial charge in [0.25, 0.3) is 0 Å². The summed E-state index contributed by atoms with van der Waals surface area (Å²) in [5.74, 6) is -0.516. The first-order valence-electron chi connectivity index (χ1n) is 6.27. The summed E-state index contributed by atoms with van der Waals surface area (Å²) in [5, 5.41) is 0. The van der Waals surface area contributed by atoms with Crippen molar-refractivity contribution in [2.75, 3.05) is 4.90 Å². The van der Waals surface area contributed by atoms with Gasteiger partial charge in [0.1, 0.15) is 11.9 Å². The van der Waals surface area contributed by atoms with Crippen molar-refractivity contribution in [1.82, 2.24) is 0 Å². The van der Waals surface area contributed by atoms with Gasteiger partial charge in [0, 0.05) is 14.5 Å². The summed E-state index contributed by atoms with van der Waals surface area (Å²) < 4.78 is 15.0. The number of nitrogens with zero attached hydrogens (tertiary/aromatic N) is 1. The van der Waals surface area contributed by atoms with Gasteiger partial charge < -0.3 is 10.6 Å². The number of carbonyl (C=O) groups is 1. The molecule has 0 saturated carbocycles. The van der Waals surface area contributed by atoms with E-state index in [-0.39, 0.29) is 18.3 Å². The highest BCUT2D eigenvalue weighted by Gasteiger charge is 2.35. The van der Waals surface area contributed by atoms with Gasteiger partial charge in [-0.2, -0.15) is 0 Å². The van der Waals surface area contributed by atoms with Crippen molar-refractivity contribution in [2.24, 2.45) is 5.73 Å². The fourth-order valence-corrected chi connectivity index (χ4v) is 3.15. The Labute approximate surface area is 138 Å². The molecule has 1 aliphatic rings. The molecular formula is C15H11Br2FN2O. The molecule has 3 nitrogen and oxygen atoms in total. The first kappa shape index (κ1) is 14.7. The van der Waals surface area contributed by atoms with Gasteiger partial charge >= 0.3 is 0 Å². The Morgan fingerprint density at radius 1 is 1.19 bits per heavy atom. The van der Waals surface area contributed by atoms with E-state index in [4.69, 9.17) is 5.73 Å². The molecule has 0 fully saturated rings. The van der Waals surface area contributed by atoms with Gasteiger partial charge in [-0.05, 0) is 35.9 Å². The van der Waals surface area contributed by atoms with Crippen molar-refractivity contribution in [2.45, 2.75) is 12.6 Å². The monoisotopic (exact) mass is 412 g/mol. The van der Waals surface area contributed by atoms with Crippen molar-refractivity contribution in [3.05, 3.63) is 62.3 Å². The number of hydrogen-bond acceptors (Lipinski definition) is 2. The third-order valence-electron chi connectivity index (χ3n) is 3.49. The number of anilines is 1. The van der Waals surface area contributed by atoms with Crippen LogP contribution in [0.15, 0.2) is 45.3 Å². The maximum Gasteiger partial charge on any atom is 0.248 e. The Kier molecular flexibility index (Phi) is 3.86. The predicted octanol–water partition coefficient (Wildman–Crippen LogP) is 3.90. The second kappa shape index (κ2) is 5.51. The minimum atomic E-state index is -0.666. The number of benzene rings is 2. The molecule has 1 aliphatic heterocycles. The SMILES string of the molecule is NC1C(=O)N(Cc2cc(F)ccc2Br)c2cc(Br)ccc21. The summed E-state index contributed by atoms with van der Waals surface area (Å²) in [6, 6.07) is 9.30. The predicted molar refractivity (Wildman–Crippen MR) is 86.4 cm³/mol. The number of halogens is 3. The van der Waals surface area contributed by atoms with Crippen LogP contribution in [0.5, 0.6) is 0 Å². The number of rotatable bonds is 2. The molecule has 3 rings (SSSR count). The Morgan fingerprint density at radius 2 is 1.95 bits per heavy atom. The van der Waals surface area contributed by atoms with Crippen LogP contribution in [-0.4, -0.2) is 5.91 Å². The van der Waals surface area contributed by atoms with Crippen LogP contribution >= 0.6 is 31.9 Å². The van der Waals surface area contributed by atoms with E-state index < -0.39 is 6.04 Å². The topological polar surface area (TPSA) is 46.3 Å². The molecule has 0 saturated heterocycles. The third-order valence-corrected chi connectivity index (χ3v) is 4.75. The Hall–Kier alpha value is -1.24. The summed E-state index contributed by atoms with van der Waals surface area (Å²) in [5.41, 5.74) is 8.21. The second-order valence-electron chi connectivity index (χ2n) is 4.84. The normalized spacial score (nSPS) is 17.2. The molecule has 0 aliphatic carbocycles. The summed E-state index contributed by atoms with van der Waals surface area (Å²) in [7, 11) is 0. The molecule has 1 unspecified atom stereocenters. The average molecular weight is 414 g/mol. The molecule has 21 heavy (non-hydrogen) atoms. The van der Waals surface area contributed by atoms with Gasteiger partial charge in [-0.25, -0.2) is 4.39 Å².